The normalized spacial score (nSPS) is 46.4. The maximum atomic E-state index is 9.60. The van der Waals surface area contributed by atoms with E-state index in [-0.39, 0.29) is 0 Å². The van der Waals surface area contributed by atoms with Crippen molar-refractivity contribution in [3.8, 4) is 0 Å². The van der Waals surface area contributed by atoms with Crippen LogP contribution < -0.4 is 0 Å². The van der Waals surface area contributed by atoms with Gasteiger partial charge in [-0.1, -0.05) is 6.92 Å². The third-order valence-corrected chi connectivity index (χ3v) is 3.36. The lowest BCUT2D eigenvalue weighted by Crippen LogP contribution is -2.32. The summed E-state index contributed by atoms with van der Waals surface area (Å²) in [6.07, 6.45) is 3.61. The van der Waals surface area contributed by atoms with Gasteiger partial charge in [-0.25, -0.2) is 0 Å². The summed E-state index contributed by atoms with van der Waals surface area (Å²) in [5.41, 5.74) is 1.30. The second-order valence-corrected chi connectivity index (χ2v) is 4.13. The second kappa shape index (κ2) is 2.77. The maximum absolute atomic E-state index is 9.60. The van der Waals surface area contributed by atoms with Crippen LogP contribution in [0, 0.1) is 17.8 Å². The Morgan fingerprint density at radius 2 is 2.25 bits per heavy atom. The number of hydrogen-bond donors (Lipinski definition) is 1. The topological polar surface area (TPSA) is 29.5 Å². The number of ether oxygens (including phenoxy) is 1. The van der Waals surface area contributed by atoms with Crippen LogP contribution in [0.4, 0.5) is 0 Å². The molecule has 12 heavy (non-hydrogen) atoms. The van der Waals surface area contributed by atoms with E-state index in [2.05, 4.69) is 13.8 Å². The van der Waals surface area contributed by atoms with Gasteiger partial charge in [-0.15, -0.1) is 0 Å². The highest BCUT2D eigenvalue weighted by atomic mass is 16.6. The molecule has 0 aromatic heterocycles. The molecule has 1 aliphatic carbocycles. The first kappa shape index (κ1) is 8.11. The van der Waals surface area contributed by atoms with E-state index in [1.54, 1.807) is 6.26 Å². The predicted octanol–water partition coefficient (Wildman–Crippen LogP) is 1.90. The summed E-state index contributed by atoms with van der Waals surface area (Å²) >= 11 is 0. The average molecular weight is 168 g/mol. The van der Waals surface area contributed by atoms with Crippen molar-refractivity contribution in [2.75, 3.05) is 0 Å². The van der Waals surface area contributed by atoms with Crippen molar-refractivity contribution in [3.05, 3.63) is 11.8 Å². The van der Waals surface area contributed by atoms with Gasteiger partial charge in [-0.3, -0.25) is 0 Å². The minimum atomic E-state index is -0.559. The Bertz CT molecular complexity index is 210. The summed E-state index contributed by atoms with van der Waals surface area (Å²) in [5, 5.41) is 9.60. The molecule has 2 rings (SSSR count). The van der Waals surface area contributed by atoms with Gasteiger partial charge in [-0.05, 0) is 37.2 Å². The third kappa shape index (κ3) is 1.06. The highest BCUT2D eigenvalue weighted by Gasteiger charge is 2.42. The second-order valence-electron chi connectivity index (χ2n) is 4.13. The Hall–Kier alpha value is -0.500. The Labute approximate surface area is 73.2 Å². The molecule has 1 heterocycles. The third-order valence-electron chi connectivity index (χ3n) is 3.36. The Kier molecular flexibility index (Phi) is 1.87. The molecule has 0 bridgehead atoms. The summed E-state index contributed by atoms with van der Waals surface area (Å²) in [5.74, 6) is 1.52. The molecule has 1 unspecified atom stereocenters. The maximum Gasteiger partial charge on any atom is 0.200 e. The molecule has 2 heteroatoms. The number of rotatable bonds is 0. The monoisotopic (exact) mass is 168 g/mol. The first-order valence-corrected chi connectivity index (χ1v) is 4.70. The Balaban J connectivity index is 2.23. The fraction of sp³-hybridized carbons (Fsp3) is 0.800. The number of allylic oxidation sites excluding steroid dienone is 1. The molecular formula is C10H16O2. The van der Waals surface area contributed by atoms with E-state index < -0.39 is 6.29 Å². The standard InChI is InChI=1S/C10H16O2/c1-6-3-4-8-7(2)5-12-10(11)9(6)8/h5-6,8-11H,3-4H2,1-2H3/t6-,8-,9-,10?/m0/s1. The molecule has 0 amide bonds. The Morgan fingerprint density at radius 3 is 2.92 bits per heavy atom. The molecule has 1 aliphatic heterocycles. The van der Waals surface area contributed by atoms with Crippen molar-refractivity contribution in [2.24, 2.45) is 17.8 Å². The molecule has 4 atom stereocenters. The van der Waals surface area contributed by atoms with Gasteiger partial charge < -0.3 is 9.84 Å². The minimum Gasteiger partial charge on any atom is -0.472 e. The van der Waals surface area contributed by atoms with E-state index >= 15 is 0 Å². The van der Waals surface area contributed by atoms with Crippen molar-refractivity contribution in [1.29, 1.82) is 0 Å². The van der Waals surface area contributed by atoms with Gasteiger partial charge in [0.05, 0.1) is 6.26 Å². The molecule has 0 spiro atoms. The van der Waals surface area contributed by atoms with Gasteiger partial charge in [0.15, 0.2) is 6.29 Å². The van der Waals surface area contributed by atoms with E-state index in [0.29, 0.717) is 17.8 Å². The quantitative estimate of drug-likeness (QED) is 0.598. The SMILES string of the molecule is CC1=COC(O)[C@H]2[C@@H](C)CC[C@@H]12. The molecule has 2 aliphatic rings. The zero-order valence-electron chi connectivity index (χ0n) is 7.66. The molecule has 1 fully saturated rings. The molecule has 0 aromatic carbocycles. The van der Waals surface area contributed by atoms with E-state index in [1.807, 2.05) is 0 Å². The zero-order valence-corrected chi connectivity index (χ0v) is 7.66. The van der Waals surface area contributed by atoms with E-state index in [0.717, 1.165) is 0 Å². The average Bonchev–Trinajstić information content (AvgIpc) is 2.42. The van der Waals surface area contributed by atoms with Gasteiger partial charge in [0, 0.05) is 5.92 Å². The van der Waals surface area contributed by atoms with Crippen LogP contribution in [-0.2, 0) is 4.74 Å². The first-order valence-electron chi connectivity index (χ1n) is 4.70. The van der Waals surface area contributed by atoms with Crippen LogP contribution in [0.15, 0.2) is 11.8 Å². The van der Waals surface area contributed by atoms with Gasteiger partial charge in [-0.2, -0.15) is 0 Å². The van der Waals surface area contributed by atoms with Crippen molar-refractivity contribution >= 4 is 0 Å². The smallest absolute Gasteiger partial charge is 0.200 e. The van der Waals surface area contributed by atoms with Gasteiger partial charge in [0.1, 0.15) is 0 Å². The van der Waals surface area contributed by atoms with Crippen molar-refractivity contribution in [2.45, 2.75) is 33.0 Å². The van der Waals surface area contributed by atoms with Crippen LogP contribution in [-0.4, -0.2) is 11.4 Å². The molecule has 0 saturated heterocycles. The lowest BCUT2D eigenvalue weighted by molar-refractivity contribution is -0.121. The van der Waals surface area contributed by atoms with E-state index in [9.17, 15) is 5.11 Å². The lowest BCUT2D eigenvalue weighted by atomic mass is 9.84. The molecule has 1 N–H and O–H groups in total. The summed E-state index contributed by atoms with van der Waals surface area (Å²) < 4.78 is 5.17. The van der Waals surface area contributed by atoms with Gasteiger partial charge in [0.25, 0.3) is 0 Å². The highest BCUT2D eigenvalue weighted by molar-refractivity contribution is 5.09. The van der Waals surface area contributed by atoms with Crippen molar-refractivity contribution in [1.82, 2.24) is 0 Å². The first-order chi connectivity index (χ1) is 5.70. The van der Waals surface area contributed by atoms with E-state index in [4.69, 9.17) is 4.74 Å². The van der Waals surface area contributed by atoms with E-state index in [1.165, 1.54) is 18.4 Å². The molecule has 1 saturated carbocycles. The summed E-state index contributed by atoms with van der Waals surface area (Å²) in [6, 6.07) is 0. The van der Waals surface area contributed by atoms with Crippen LogP contribution in [0.5, 0.6) is 0 Å². The number of aliphatic hydroxyl groups is 1. The molecule has 2 nitrogen and oxygen atoms in total. The molecule has 0 radical (unpaired) electrons. The molecule has 0 aromatic rings. The van der Waals surface area contributed by atoms with Crippen LogP contribution in [0.2, 0.25) is 0 Å². The zero-order chi connectivity index (χ0) is 8.72. The largest absolute Gasteiger partial charge is 0.472 e. The van der Waals surface area contributed by atoms with Crippen LogP contribution in [0.1, 0.15) is 26.7 Å². The number of fused-ring (bicyclic) bond motifs is 1. The summed E-state index contributed by atoms with van der Waals surface area (Å²) in [7, 11) is 0. The van der Waals surface area contributed by atoms with Crippen LogP contribution >= 0.6 is 0 Å². The highest BCUT2D eigenvalue weighted by Crippen LogP contribution is 2.45. The molecular weight excluding hydrogens is 152 g/mol. The summed E-state index contributed by atoms with van der Waals surface area (Å²) in [6.45, 7) is 4.30. The fourth-order valence-electron chi connectivity index (χ4n) is 2.59. The van der Waals surface area contributed by atoms with Gasteiger partial charge in [0.2, 0.25) is 0 Å². The predicted molar refractivity (Wildman–Crippen MR) is 46.2 cm³/mol. The van der Waals surface area contributed by atoms with Crippen LogP contribution in [0.25, 0.3) is 0 Å². The van der Waals surface area contributed by atoms with Crippen molar-refractivity contribution in [3.63, 3.8) is 0 Å². The lowest BCUT2D eigenvalue weighted by Gasteiger charge is -2.31. The number of aliphatic hydroxyl groups excluding tert-OH is 1. The minimum absolute atomic E-state index is 0.343. The number of hydrogen-bond acceptors (Lipinski definition) is 2. The summed E-state index contributed by atoms with van der Waals surface area (Å²) in [4.78, 5) is 0. The van der Waals surface area contributed by atoms with Gasteiger partial charge >= 0.3 is 0 Å². The fourth-order valence-corrected chi connectivity index (χ4v) is 2.59. The van der Waals surface area contributed by atoms with Crippen molar-refractivity contribution < 1.29 is 9.84 Å². The van der Waals surface area contributed by atoms with Crippen LogP contribution in [0.3, 0.4) is 0 Å². The molecule has 68 valence electrons. The Morgan fingerprint density at radius 1 is 1.50 bits per heavy atom.